The lowest BCUT2D eigenvalue weighted by atomic mass is 10.1. The molecule has 1 rings (SSSR count). The largest absolute Gasteiger partial charge is 0.463 e. The molecule has 0 fully saturated rings. The monoisotopic (exact) mass is 258 g/mol. The molecule has 94 valence electrons. The van der Waals surface area contributed by atoms with E-state index in [1.165, 1.54) is 0 Å². The number of aliphatic hydroxyl groups excluding tert-OH is 1. The molecule has 0 aromatic heterocycles. The van der Waals surface area contributed by atoms with Crippen LogP contribution in [0.15, 0.2) is 24.3 Å². The van der Waals surface area contributed by atoms with Gasteiger partial charge in [0.2, 0.25) is 8.03 Å². The summed E-state index contributed by atoms with van der Waals surface area (Å²) >= 11 is 0. The van der Waals surface area contributed by atoms with E-state index in [4.69, 9.17) is 14.7 Å². The van der Waals surface area contributed by atoms with E-state index in [2.05, 4.69) is 0 Å². The van der Waals surface area contributed by atoms with Crippen LogP contribution in [0.2, 0.25) is 0 Å². The molecule has 0 aliphatic rings. The third-order valence-electron chi connectivity index (χ3n) is 2.17. The SMILES string of the molecule is O=C(CCc1ccc([PH](=O)O)cc1)OCCO. The molecule has 1 aromatic carbocycles. The van der Waals surface area contributed by atoms with Crippen LogP contribution < -0.4 is 5.30 Å². The van der Waals surface area contributed by atoms with Crippen LogP contribution in [0.1, 0.15) is 12.0 Å². The van der Waals surface area contributed by atoms with Crippen LogP contribution in [0.5, 0.6) is 0 Å². The molecule has 5 nitrogen and oxygen atoms in total. The smallest absolute Gasteiger partial charge is 0.306 e. The molecule has 2 N–H and O–H groups in total. The predicted octanol–water partition coefficient (Wildman–Crippen LogP) is 0.247. The van der Waals surface area contributed by atoms with Crippen molar-refractivity contribution < 1.29 is 24.1 Å². The molecule has 0 bridgehead atoms. The van der Waals surface area contributed by atoms with Gasteiger partial charge in [-0.15, -0.1) is 0 Å². The van der Waals surface area contributed by atoms with Gasteiger partial charge >= 0.3 is 5.97 Å². The Morgan fingerprint density at radius 2 is 1.94 bits per heavy atom. The summed E-state index contributed by atoms with van der Waals surface area (Å²) in [5.41, 5.74) is 0.901. The maximum absolute atomic E-state index is 11.1. The first kappa shape index (κ1) is 13.9. The first-order valence-electron chi connectivity index (χ1n) is 5.22. The van der Waals surface area contributed by atoms with Crippen molar-refractivity contribution in [3.05, 3.63) is 29.8 Å². The lowest BCUT2D eigenvalue weighted by molar-refractivity contribution is -0.144. The number of benzene rings is 1. The van der Waals surface area contributed by atoms with E-state index in [1.54, 1.807) is 24.3 Å². The Morgan fingerprint density at radius 3 is 2.47 bits per heavy atom. The van der Waals surface area contributed by atoms with Crippen molar-refractivity contribution in [1.82, 2.24) is 0 Å². The molecule has 0 saturated heterocycles. The molecule has 0 amide bonds. The summed E-state index contributed by atoms with van der Waals surface area (Å²) in [6, 6.07) is 6.59. The number of aliphatic hydroxyl groups is 1. The number of hydrogen-bond acceptors (Lipinski definition) is 4. The van der Waals surface area contributed by atoms with Gasteiger partial charge in [0.25, 0.3) is 0 Å². The highest BCUT2D eigenvalue weighted by Crippen LogP contribution is 2.13. The van der Waals surface area contributed by atoms with E-state index in [9.17, 15) is 9.36 Å². The fourth-order valence-corrected chi connectivity index (χ4v) is 1.74. The number of hydrogen-bond donors (Lipinski definition) is 2. The molecule has 0 heterocycles. The molecule has 1 unspecified atom stereocenters. The highest BCUT2D eigenvalue weighted by Gasteiger charge is 2.04. The van der Waals surface area contributed by atoms with Crippen molar-refractivity contribution >= 4 is 19.3 Å². The van der Waals surface area contributed by atoms with Crippen LogP contribution in [0.4, 0.5) is 0 Å². The van der Waals surface area contributed by atoms with Crippen molar-refractivity contribution in [1.29, 1.82) is 0 Å². The van der Waals surface area contributed by atoms with Crippen LogP contribution in [-0.2, 0) is 20.5 Å². The summed E-state index contributed by atoms with van der Waals surface area (Å²) in [7, 11) is -2.64. The molecule has 1 atom stereocenters. The molecular formula is C11H15O5P. The Bertz CT molecular complexity index is 387. The normalized spacial score (nSPS) is 12.1. The second kappa shape index (κ2) is 7.22. The first-order chi connectivity index (χ1) is 8.13. The van der Waals surface area contributed by atoms with Gasteiger partial charge in [-0.2, -0.15) is 0 Å². The van der Waals surface area contributed by atoms with Gasteiger partial charge in [0, 0.05) is 11.7 Å². The second-order valence-electron chi connectivity index (χ2n) is 3.45. The van der Waals surface area contributed by atoms with Gasteiger partial charge in [-0.05, 0) is 24.1 Å². The van der Waals surface area contributed by atoms with Crippen molar-refractivity contribution in [2.45, 2.75) is 12.8 Å². The zero-order valence-electron chi connectivity index (χ0n) is 9.26. The summed E-state index contributed by atoms with van der Waals surface area (Å²) in [5, 5.41) is 8.86. The summed E-state index contributed by atoms with van der Waals surface area (Å²) in [4.78, 5) is 20.0. The van der Waals surface area contributed by atoms with Gasteiger partial charge < -0.3 is 14.7 Å². The Hall–Kier alpha value is -1.16. The number of carbonyl (C=O) groups is 1. The second-order valence-corrected chi connectivity index (χ2v) is 4.63. The minimum atomic E-state index is -2.64. The number of rotatable bonds is 6. The average Bonchev–Trinajstić information content (AvgIpc) is 2.34. The van der Waals surface area contributed by atoms with E-state index < -0.39 is 8.03 Å². The molecule has 1 aromatic rings. The number of aryl methyl sites for hydroxylation is 1. The van der Waals surface area contributed by atoms with Crippen molar-refractivity contribution in [3.63, 3.8) is 0 Å². The van der Waals surface area contributed by atoms with Crippen LogP contribution in [0.25, 0.3) is 0 Å². The fourth-order valence-electron chi connectivity index (χ4n) is 1.29. The summed E-state index contributed by atoms with van der Waals surface area (Å²) in [6.45, 7) is -0.157. The van der Waals surface area contributed by atoms with Crippen molar-refractivity contribution in [3.8, 4) is 0 Å². The topological polar surface area (TPSA) is 83.8 Å². The van der Waals surface area contributed by atoms with Crippen LogP contribution in [0.3, 0.4) is 0 Å². The van der Waals surface area contributed by atoms with Crippen molar-refractivity contribution in [2.24, 2.45) is 0 Å². The number of esters is 1. The van der Waals surface area contributed by atoms with E-state index in [1.807, 2.05) is 0 Å². The molecule has 0 saturated carbocycles. The van der Waals surface area contributed by atoms with E-state index in [-0.39, 0.29) is 25.6 Å². The van der Waals surface area contributed by atoms with Crippen molar-refractivity contribution in [2.75, 3.05) is 13.2 Å². The zero-order chi connectivity index (χ0) is 12.7. The quantitative estimate of drug-likeness (QED) is 0.564. The maximum atomic E-state index is 11.1. The molecule has 0 aliphatic heterocycles. The summed E-state index contributed by atoms with van der Waals surface area (Å²) in [5.74, 6) is -0.362. The molecule has 0 spiro atoms. The predicted molar refractivity (Wildman–Crippen MR) is 63.7 cm³/mol. The molecular weight excluding hydrogens is 243 g/mol. The Balaban J connectivity index is 2.42. The standard InChI is InChI=1S/C11H15O5P/c12-7-8-16-11(13)6-3-9-1-4-10(5-2-9)17(14)15/h1-2,4-5,12,17H,3,6-8H2,(H,14,15). The van der Waals surface area contributed by atoms with Gasteiger partial charge in [0.15, 0.2) is 0 Å². The first-order valence-corrected chi connectivity index (χ1v) is 6.57. The Kier molecular flexibility index (Phi) is 5.91. The molecule has 0 radical (unpaired) electrons. The van der Waals surface area contributed by atoms with Gasteiger partial charge in [-0.1, -0.05) is 12.1 Å². The number of ether oxygens (including phenoxy) is 1. The van der Waals surface area contributed by atoms with E-state index in [0.29, 0.717) is 11.7 Å². The van der Waals surface area contributed by atoms with Gasteiger partial charge in [-0.3, -0.25) is 9.36 Å². The molecule has 0 aliphatic carbocycles. The third kappa shape index (κ3) is 5.13. The van der Waals surface area contributed by atoms with Crippen LogP contribution >= 0.6 is 8.03 Å². The molecule has 6 heteroatoms. The summed E-state index contributed by atoms with van der Waals surface area (Å²) in [6.07, 6.45) is 0.741. The highest BCUT2D eigenvalue weighted by atomic mass is 31.1. The van der Waals surface area contributed by atoms with Gasteiger partial charge in [0.1, 0.15) is 6.61 Å². The third-order valence-corrected chi connectivity index (χ3v) is 3.00. The fraction of sp³-hybridized carbons (Fsp3) is 0.364. The van der Waals surface area contributed by atoms with E-state index >= 15 is 0 Å². The Labute approximate surface area is 99.9 Å². The zero-order valence-corrected chi connectivity index (χ0v) is 10.3. The van der Waals surface area contributed by atoms with Crippen LogP contribution in [-0.4, -0.2) is 29.2 Å². The lowest BCUT2D eigenvalue weighted by Gasteiger charge is -2.03. The van der Waals surface area contributed by atoms with Crippen LogP contribution in [0, 0.1) is 0 Å². The minimum Gasteiger partial charge on any atom is -0.463 e. The average molecular weight is 258 g/mol. The highest BCUT2D eigenvalue weighted by molar-refractivity contribution is 7.47. The van der Waals surface area contributed by atoms with Gasteiger partial charge in [-0.25, -0.2) is 0 Å². The Morgan fingerprint density at radius 1 is 1.29 bits per heavy atom. The lowest BCUT2D eigenvalue weighted by Crippen LogP contribution is -2.09. The summed E-state index contributed by atoms with van der Waals surface area (Å²) < 4.78 is 15.5. The molecule has 17 heavy (non-hydrogen) atoms. The number of carbonyl (C=O) groups excluding carboxylic acids is 1. The van der Waals surface area contributed by atoms with E-state index in [0.717, 1.165) is 5.56 Å². The minimum absolute atomic E-state index is 0.0181. The maximum Gasteiger partial charge on any atom is 0.306 e. The van der Waals surface area contributed by atoms with Gasteiger partial charge in [0.05, 0.1) is 6.61 Å².